The Morgan fingerprint density at radius 2 is 1.81 bits per heavy atom. The Morgan fingerprint density at radius 1 is 1.12 bits per heavy atom. The summed E-state index contributed by atoms with van der Waals surface area (Å²) in [5.74, 6) is -2.60. The van der Waals surface area contributed by atoms with Crippen molar-refractivity contribution in [3.8, 4) is 5.75 Å². The molecule has 0 saturated carbocycles. The number of rotatable bonds is 6. The molecule has 10 heteroatoms. The summed E-state index contributed by atoms with van der Waals surface area (Å²) in [6.07, 6.45) is 1.30. The maximum absolute atomic E-state index is 12.0. The molecule has 0 aliphatic heterocycles. The van der Waals surface area contributed by atoms with E-state index in [-0.39, 0.29) is 22.0 Å². The maximum atomic E-state index is 12.0. The van der Waals surface area contributed by atoms with E-state index in [9.17, 15) is 23.2 Å². The molecule has 2 rings (SSSR count). The van der Waals surface area contributed by atoms with Gasteiger partial charge in [-0.1, -0.05) is 11.6 Å². The van der Waals surface area contributed by atoms with Crippen LogP contribution < -0.4 is 10.1 Å². The Hall–Kier alpha value is -3.07. The number of halogens is 3. The summed E-state index contributed by atoms with van der Waals surface area (Å²) in [6, 6.07) is 7.31. The van der Waals surface area contributed by atoms with Crippen LogP contribution in [0.15, 0.2) is 42.6 Å². The molecule has 0 unspecified atom stereocenters. The summed E-state index contributed by atoms with van der Waals surface area (Å²) in [5, 5.41) is 2.07. The molecule has 1 N–H and O–H groups in total. The van der Waals surface area contributed by atoms with E-state index in [1.807, 2.05) is 5.32 Å². The van der Waals surface area contributed by atoms with Gasteiger partial charge in [-0.05, 0) is 36.4 Å². The van der Waals surface area contributed by atoms with Crippen molar-refractivity contribution >= 4 is 29.4 Å². The second-order valence-corrected chi connectivity index (χ2v) is 5.11. The molecule has 1 aromatic heterocycles. The van der Waals surface area contributed by atoms with Crippen molar-refractivity contribution in [3.05, 3.63) is 58.9 Å². The number of ether oxygens (including phenoxy) is 2. The number of amides is 2. The predicted molar refractivity (Wildman–Crippen MR) is 85.1 cm³/mol. The maximum Gasteiger partial charge on any atom is 0.387 e. The minimum Gasteiger partial charge on any atom is -0.452 e. The van der Waals surface area contributed by atoms with Crippen molar-refractivity contribution < 1.29 is 32.6 Å². The highest BCUT2D eigenvalue weighted by molar-refractivity contribution is 6.29. The van der Waals surface area contributed by atoms with E-state index >= 15 is 0 Å². The van der Waals surface area contributed by atoms with Crippen molar-refractivity contribution in [2.24, 2.45) is 0 Å². The third-order valence-corrected chi connectivity index (χ3v) is 3.10. The van der Waals surface area contributed by atoms with Crippen LogP contribution in [0, 0.1) is 0 Å². The second kappa shape index (κ2) is 8.86. The third-order valence-electron chi connectivity index (χ3n) is 2.89. The van der Waals surface area contributed by atoms with Gasteiger partial charge in [-0.25, -0.2) is 9.78 Å². The van der Waals surface area contributed by atoms with E-state index in [0.717, 1.165) is 12.1 Å². The van der Waals surface area contributed by atoms with Crippen LogP contribution in [0.4, 0.5) is 8.78 Å². The molecule has 0 radical (unpaired) electrons. The number of benzene rings is 1. The molecule has 0 fully saturated rings. The number of carbonyl (C=O) groups excluding carboxylic acids is 3. The molecular weight excluding hydrogens is 374 g/mol. The topological polar surface area (TPSA) is 94.6 Å². The van der Waals surface area contributed by atoms with Crippen LogP contribution in [-0.2, 0) is 9.53 Å². The van der Waals surface area contributed by atoms with Gasteiger partial charge < -0.3 is 9.47 Å². The first-order valence-corrected chi connectivity index (χ1v) is 7.40. The first-order chi connectivity index (χ1) is 12.3. The Bertz CT molecular complexity index is 815. The van der Waals surface area contributed by atoms with Crippen molar-refractivity contribution in [1.82, 2.24) is 10.3 Å². The van der Waals surface area contributed by atoms with Crippen molar-refractivity contribution in [2.45, 2.75) is 6.61 Å². The van der Waals surface area contributed by atoms with Gasteiger partial charge in [0.1, 0.15) is 10.9 Å². The third kappa shape index (κ3) is 5.78. The number of esters is 1. The summed E-state index contributed by atoms with van der Waals surface area (Å²) < 4.78 is 33.0. The number of imide groups is 1. The molecule has 0 aliphatic carbocycles. The van der Waals surface area contributed by atoms with Gasteiger partial charge in [-0.2, -0.15) is 8.78 Å². The van der Waals surface area contributed by atoms with Gasteiger partial charge in [0.2, 0.25) is 0 Å². The summed E-state index contributed by atoms with van der Waals surface area (Å²) in [4.78, 5) is 39.0. The van der Waals surface area contributed by atoms with Crippen molar-refractivity contribution in [2.75, 3.05) is 6.61 Å². The van der Waals surface area contributed by atoms with Gasteiger partial charge in [0, 0.05) is 11.8 Å². The molecule has 0 spiro atoms. The molecule has 0 aliphatic rings. The van der Waals surface area contributed by atoms with Crippen LogP contribution in [0.2, 0.25) is 5.15 Å². The Kier molecular flexibility index (Phi) is 6.56. The summed E-state index contributed by atoms with van der Waals surface area (Å²) in [7, 11) is 0. The van der Waals surface area contributed by atoms with Crippen LogP contribution in [0.3, 0.4) is 0 Å². The zero-order valence-electron chi connectivity index (χ0n) is 12.9. The fraction of sp³-hybridized carbons (Fsp3) is 0.125. The molecular formula is C16H11ClF2N2O5. The molecule has 0 bridgehead atoms. The number of carbonyl (C=O) groups is 3. The molecule has 1 aromatic carbocycles. The minimum atomic E-state index is -2.98. The van der Waals surface area contributed by atoms with Crippen LogP contribution >= 0.6 is 11.6 Å². The van der Waals surface area contributed by atoms with E-state index < -0.39 is 31.0 Å². The first kappa shape index (κ1) is 19.3. The zero-order valence-corrected chi connectivity index (χ0v) is 13.7. The SMILES string of the molecule is O=C(COC(=O)c1ccnc(Cl)c1)NC(=O)c1ccc(OC(F)F)cc1. The largest absolute Gasteiger partial charge is 0.452 e. The normalized spacial score (nSPS) is 10.3. The number of hydrogen-bond acceptors (Lipinski definition) is 6. The van der Waals surface area contributed by atoms with E-state index in [2.05, 4.69) is 9.72 Å². The highest BCUT2D eigenvalue weighted by atomic mass is 35.5. The minimum absolute atomic E-state index is 0.0345. The Balaban J connectivity index is 1.85. The summed E-state index contributed by atoms with van der Waals surface area (Å²) in [5.41, 5.74) is 0.131. The second-order valence-electron chi connectivity index (χ2n) is 4.72. The predicted octanol–water partition coefficient (Wildman–Crippen LogP) is 2.45. The molecule has 136 valence electrons. The standard InChI is InChI=1S/C16H11ClF2N2O5/c17-12-7-10(5-6-20-12)15(24)25-8-13(22)21-14(23)9-1-3-11(4-2-9)26-16(18)19/h1-7,16H,8H2,(H,21,22,23). The van der Waals surface area contributed by atoms with Crippen LogP contribution in [0.5, 0.6) is 5.75 Å². The summed E-state index contributed by atoms with van der Waals surface area (Å²) in [6.45, 7) is -3.68. The lowest BCUT2D eigenvalue weighted by atomic mass is 10.2. The number of nitrogens with one attached hydrogen (secondary N) is 1. The van der Waals surface area contributed by atoms with E-state index in [1.165, 1.54) is 30.5 Å². The first-order valence-electron chi connectivity index (χ1n) is 7.03. The smallest absolute Gasteiger partial charge is 0.387 e. The fourth-order valence-electron chi connectivity index (χ4n) is 1.77. The number of hydrogen-bond donors (Lipinski definition) is 1. The number of alkyl halides is 2. The van der Waals surface area contributed by atoms with Gasteiger partial charge in [-0.3, -0.25) is 14.9 Å². The lowest BCUT2D eigenvalue weighted by Crippen LogP contribution is -2.34. The van der Waals surface area contributed by atoms with E-state index in [1.54, 1.807) is 0 Å². The number of nitrogens with zero attached hydrogens (tertiary/aromatic N) is 1. The summed E-state index contributed by atoms with van der Waals surface area (Å²) >= 11 is 5.63. The highest BCUT2D eigenvalue weighted by Crippen LogP contribution is 2.14. The average molecular weight is 385 g/mol. The van der Waals surface area contributed by atoms with Gasteiger partial charge >= 0.3 is 12.6 Å². The molecule has 0 saturated heterocycles. The van der Waals surface area contributed by atoms with Crippen LogP contribution in [0.1, 0.15) is 20.7 Å². The zero-order chi connectivity index (χ0) is 19.1. The Labute approximate surface area is 150 Å². The number of aromatic nitrogens is 1. The lowest BCUT2D eigenvalue weighted by molar-refractivity contribution is -0.123. The van der Waals surface area contributed by atoms with Gasteiger partial charge in [0.15, 0.2) is 6.61 Å². The quantitative estimate of drug-likeness (QED) is 0.607. The molecule has 0 atom stereocenters. The van der Waals surface area contributed by atoms with Gasteiger partial charge in [0.25, 0.3) is 11.8 Å². The van der Waals surface area contributed by atoms with Crippen LogP contribution in [0.25, 0.3) is 0 Å². The van der Waals surface area contributed by atoms with E-state index in [0.29, 0.717) is 0 Å². The molecule has 2 amide bonds. The monoisotopic (exact) mass is 384 g/mol. The molecule has 2 aromatic rings. The lowest BCUT2D eigenvalue weighted by Gasteiger charge is -2.07. The van der Waals surface area contributed by atoms with Crippen molar-refractivity contribution in [3.63, 3.8) is 0 Å². The Morgan fingerprint density at radius 3 is 2.42 bits per heavy atom. The van der Waals surface area contributed by atoms with Crippen molar-refractivity contribution in [1.29, 1.82) is 0 Å². The fourth-order valence-corrected chi connectivity index (χ4v) is 1.94. The van der Waals surface area contributed by atoms with E-state index in [4.69, 9.17) is 16.3 Å². The highest BCUT2D eigenvalue weighted by Gasteiger charge is 2.14. The van der Waals surface area contributed by atoms with Gasteiger partial charge in [-0.15, -0.1) is 0 Å². The number of pyridine rings is 1. The average Bonchev–Trinajstić information content (AvgIpc) is 2.59. The molecule has 7 nitrogen and oxygen atoms in total. The van der Waals surface area contributed by atoms with Crippen LogP contribution in [-0.4, -0.2) is 36.0 Å². The van der Waals surface area contributed by atoms with Gasteiger partial charge in [0.05, 0.1) is 5.56 Å². The molecule has 26 heavy (non-hydrogen) atoms. The molecule has 1 heterocycles.